The van der Waals surface area contributed by atoms with Crippen LogP contribution in [-0.4, -0.2) is 26.9 Å². The van der Waals surface area contributed by atoms with Crippen LogP contribution < -0.4 is 10.0 Å². The standard InChI is InChI=1S/C26H30N2O3S/c1-21-15-17-24(18-16-21)32(30,31)28-25(20-23-13-6-3-7-14-23)26(29)27-19-9-8-12-22-10-4-2-5-11-22/h2-7,10-11,13-18,25,28H,8-9,12,19-20H2,1H3,(H,27,29). The molecule has 3 aromatic rings. The predicted octanol–water partition coefficient (Wildman–Crippen LogP) is 4.02. The van der Waals surface area contributed by atoms with E-state index in [0.29, 0.717) is 6.54 Å². The Hall–Kier alpha value is -2.96. The predicted molar refractivity (Wildman–Crippen MR) is 128 cm³/mol. The zero-order chi connectivity index (χ0) is 22.8. The second kappa shape index (κ2) is 11.6. The van der Waals surface area contributed by atoms with Crippen LogP contribution >= 0.6 is 0 Å². The van der Waals surface area contributed by atoms with E-state index >= 15 is 0 Å². The molecule has 0 bridgehead atoms. The van der Waals surface area contributed by atoms with Gasteiger partial charge in [-0.15, -0.1) is 0 Å². The van der Waals surface area contributed by atoms with E-state index in [2.05, 4.69) is 22.2 Å². The number of hydrogen-bond acceptors (Lipinski definition) is 3. The van der Waals surface area contributed by atoms with Crippen molar-refractivity contribution in [1.82, 2.24) is 10.0 Å². The van der Waals surface area contributed by atoms with E-state index in [9.17, 15) is 13.2 Å². The van der Waals surface area contributed by atoms with Crippen molar-refractivity contribution in [2.24, 2.45) is 0 Å². The lowest BCUT2D eigenvalue weighted by molar-refractivity contribution is -0.122. The van der Waals surface area contributed by atoms with E-state index in [1.807, 2.05) is 55.5 Å². The van der Waals surface area contributed by atoms with Crippen LogP contribution in [-0.2, 0) is 27.7 Å². The molecular formula is C26H30N2O3S. The molecule has 5 nitrogen and oxygen atoms in total. The SMILES string of the molecule is Cc1ccc(S(=O)(=O)NC(Cc2ccccc2)C(=O)NCCCCc2ccccc2)cc1. The van der Waals surface area contributed by atoms with Crippen molar-refractivity contribution in [1.29, 1.82) is 0 Å². The van der Waals surface area contributed by atoms with Crippen molar-refractivity contribution in [3.63, 3.8) is 0 Å². The number of carbonyl (C=O) groups excluding carboxylic acids is 1. The van der Waals surface area contributed by atoms with E-state index in [-0.39, 0.29) is 17.2 Å². The van der Waals surface area contributed by atoms with Crippen molar-refractivity contribution in [2.75, 3.05) is 6.54 Å². The number of unbranched alkanes of at least 4 members (excludes halogenated alkanes) is 1. The fourth-order valence-electron chi connectivity index (χ4n) is 3.44. The first-order valence-electron chi connectivity index (χ1n) is 10.9. The van der Waals surface area contributed by atoms with Crippen LogP contribution in [0.2, 0.25) is 0 Å². The molecule has 0 aromatic heterocycles. The Morgan fingerprint density at radius 3 is 2.03 bits per heavy atom. The minimum Gasteiger partial charge on any atom is -0.355 e. The van der Waals surface area contributed by atoms with Crippen LogP contribution in [0.15, 0.2) is 89.8 Å². The molecular weight excluding hydrogens is 420 g/mol. The van der Waals surface area contributed by atoms with E-state index in [1.165, 1.54) is 5.56 Å². The fourth-order valence-corrected chi connectivity index (χ4v) is 4.64. The average Bonchev–Trinajstić information content (AvgIpc) is 2.80. The second-order valence-corrected chi connectivity index (χ2v) is 9.62. The van der Waals surface area contributed by atoms with Gasteiger partial charge in [0.1, 0.15) is 6.04 Å². The molecule has 0 spiro atoms. The summed E-state index contributed by atoms with van der Waals surface area (Å²) in [5.74, 6) is -0.316. The fraction of sp³-hybridized carbons (Fsp3) is 0.269. The quantitative estimate of drug-likeness (QED) is 0.433. The summed E-state index contributed by atoms with van der Waals surface area (Å²) in [6.45, 7) is 2.40. The highest BCUT2D eigenvalue weighted by atomic mass is 32.2. The van der Waals surface area contributed by atoms with Gasteiger partial charge in [-0.3, -0.25) is 4.79 Å². The van der Waals surface area contributed by atoms with Gasteiger partial charge in [0.25, 0.3) is 0 Å². The van der Waals surface area contributed by atoms with Gasteiger partial charge in [0.2, 0.25) is 15.9 Å². The van der Waals surface area contributed by atoms with Gasteiger partial charge in [0, 0.05) is 6.54 Å². The molecule has 1 atom stereocenters. The van der Waals surface area contributed by atoms with Gasteiger partial charge in [-0.2, -0.15) is 4.72 Å². The Morgan fingerprint density at radius 2 is 1.41 bits per heavy atom. The number of nitrogens with one attached hydrogen (secondary N) is 2. The van der Waals surface area contributed by atoms with Gasteiger partial charge in [-0.1, -0.05) is 78.4 Å². The maximum Gasteiger partial charge on any atom is 0.241 e. The van der Waals surface area contributed by atoms with Gasteiger partial charge in [-0.05, 0) is 55.9 Å². The Balaban J connectivity index is 1.61. The molecule has 1 amide bonds. The summed E-state index contributed by atoms with van der Waals surface area (Å²) in [6.07, 6.45) is 3.00. The van der Waals surface area contributed by atoms with E-state index in [0.717, 1.165) is 30.4 Å². The summed E-state index contributed by atoms with van der Waals surface area (Å²) < 4.78 is 28.4. The Kier molecular flexibility index (Phi) is 8.59. The van der Waals surface area contributed by atoms with E-state index < -0.39 is 16.1 Å². The van der Waals surface area contributed by atoms with Crippen molar-refractivity contribution >= 4 is 15.9 Å². The number of rotatable bonds is 11. The number of benzene rings is 3. The molecule has 0 aliphatic heterocycles. The molecule has 6 heteroatoms. The third-order valence-electron chi connectivity index (χ3n) is 5.26. The first-order chi connectivity index (χ1) is 15.4. The van der Waals surface area contributed by atoms with Crippen LogP contribution in [0.25, 0.3) is 0 Å². The van der Waals surface area contributed by atoms with Crippen LogP contribution in [0.4, 0.5) is 0 Å². The van der Waals surface area contributed by atoms with Crippen molar-refractivity contribution in [3.05, 3.63) is 102 Å². The summed E-state index contributed by atoms with van der Waals surface area (Å²) in [5, 5.41) is 2.91. The molecule has 0 radical (unpaired) electrons. The van der Waals surface area contributed by atoms with Crippen LogP contribution in [0.1, 0.15) is 29.5 Å². The number of amides is 1. The molecule has 0 saturated carbocycles. The number of sulfonamides is 1. The number of hydrogen-bond donors (Lipinski definition) is 2. The molecule has 0 aliphatic rings. The van der Waals surface area contributed by atoms with Gasteiger partial charge >= 0.3 is 0 Å². The maximum absolute atomic E-state index is 12.9. The van der Waals surface area contributed by atoms with Gasteiger partial charge in [0.15, 0.2) is 0 Å². The van der Waals surface area contributed by atoms with Gasteiger partial charge in [0.05, 0.1) is 4.90 Å². The number of aryl methyl sites for hydroxylation is 2. The van der Waals surface area contributed by atoms with Gasteiger partial charge in [-0.25, -0.2) is 8.42 Å². The zero-order valence-corrected chi connectivity index (χ0v) is 19.1. The lowest BCUT2D eigenvalue weighted by Gasteiger charge is -2.19. The lowest BCUT2D eigenvalue weighted by atomic mass is 10.1. The van der Waals surface area contributed by atoms with Crippen molar-refractivity contribution in [2.45, 2.75) is 43.5 Å². The van der Waals surface area contributed by atoms with Crippen LogP contribution in [0, 0.1) is 6.92 Å². The molecule has 0 fully saturated rings. The normalized spacial score (nSPS) is 12.3. The highest BCUT2D eigenvalue weighted by Gasteiger charge is 2.25. The average molecular weight is 451 g/mol. The largest absolute Gasteiger partial charge is 0.355 e. The molecule has 32 heavy (non-hydrogen) atoms. The topological polar surface area (TPSA) is 75.3 Å². The molecule has 168 valence electrons. The molecule has 0 saturated heterocycles. The zero-order valence-electron chi connectivity index (χ0n) is 18.3. The Bertz CT molecular complexity index is 1080. The smallest absolute Gasteiger partial charge is 0.241 e. The molecule has 2 N–H and O–H groups in total. The summed E-state index contributed by atoms with van der Waals surface area (Å²) in [4.78, 5) is 13.1. The molecule has 0 aliphatic carbocycles. The van der Waals surface area contributed by atoms with Crippen LogP contribution in [0.5, 0.6) is 0 Å². The first kappa shape index (κ1) is 23.7. The molecule has 3 rings (SSSR count). The third-order valence-corrected chi connectivity index (χ3v) is 6.75. The monoisotopic (exact) mass is 450 g/mol. The minimum absolute atomic E-state index is 0.150. The summed E-state index contributed by atoms with van der Waals surface area (Å²) in [7, 11) is -3.82. The highest BCUT2D eigenvalue weighted by Crippen LogP contribution is 2.13. The van der Waals surface area contributed by atoms with Gasteiger partial charge < -0.3 is 5.32 Å². The van der Waals surface area contributed by atoms with Crippen molar-refractivity contribution < 1.29 is 13.2 Å². The first-order valence-corrected chi connectivity index (χ1v) is 12.4. The minimum atomic E-state index is -3.82. The van der Waals surface area contributed by atoms with Crippen LogP contribution in [0.3, 0.4) is 0 Å². The highest BCUT2D eigenvalue weighted by molar-refractivity contribution is 7.89. The maximum atomic E-state index is 12.9. The number of carbonyl (C=O) groups is 1. The Morgan fingerprint density at radius 1 is 0.812 bits per heavy atom. The van der Waals surface area contributed by atoms with E-state index in [4.69, 9.17) is 0 Å². The van der Waals surface area contributed by atoms with E-state index in [1.54, 1.807) is 24.3 Å². The lowest BCUT2D eigenvalue weighted by Crippen LogP contribution is -2.48. The summed E-state index contributed by atoms with van der Waals surface area (Å²) in [5.41, 5.74) is 3.13. The summed E-state index contributed by atoms with van der Waals surface area (Å²) >= 11 is 0. The summed E-state index contributed by atoms with van der Waals surface area (Å²) in [6, 6.07) is 25.3. The molecule has 1 unspecified atom stereocenters. The van der Waals surface area contributed by atoms with Crippen molar-refractivity contribution in [3.8, 4) is 0 Å². The molecule has 3 aromatic carbocycles. The second-order valence-electron chi connectivity index (χ2n) is 7.91. The third kappa shape index (κ3) is 7.32. The Labute approximate surface area is 190 Å². The molecule has 0 heterocycles.